The molecule has 0 aromatic carbocycles. The normalized spacial score (nSPS) is 24.6. The van der Waals surface area contributed by atoms with Crippen LogP contribution in [-0.4, -0.2) is 81.3 Å². The van der Waals surface area contributed by atoms with Crippen LogP contribution in [0.5, 0.6) is 0 Å². The third-order valence-corrected chi connectivity index (χ3v) is 6.05. The Morgan fingerprint density at radius 2 is 1.86 bits per heavy atom. The van der Waals surface area contributed by atoms with Crippen molar-refractivity contribution in [3.8, 4) is 0 Å². The summed E-state index contributed by atoms with van der Waals surface area (Å²) in [6, 6.07) is 0.739. The van der Waals surface area contributed by atoms with Gasteiger partial charge in [-0.2, -0.15) is 17.0 Å². The number of likely N-dealkylation sites (N-methyl/N-ethyl adjacent to an activating group) is 1. The Bertz CT molecular complexity index is 411. The number of rotatable bonds is 8. The van der Waals surface area contributed by atoms with Gasteiger partial charge in [0.1, 0.15) is 0 Å². The molecule has 1 aliphatic heterocycles. The van der Waals surface area contributed by atoms with Crippen LogP contribution in [0.25, 0.3) is 0 Å². The van der Waals surface area contributed by atoms with Crippen molar-refractivity contribution in [3.05, 3.63) is 0 Å². The van der Waals surface area contributed by atoms with Gasteiger partial charge in [-0.25, -0.2) is 0 Å². The largest absolute Gasteiger partial charge is 0.314 e. The molecule has 1 N–H and O–H groups in total. The average molecular weight is 321 g/mol. The molecular formula is C14H32N4O2S. The lowest BCUT2D eigenvalue weighted by atomic mass is 10.1. The molecule has 0 aromatic heterocycles. The Hall–Kier alpha value is -0.210. The Kier molecular flexibility index (Phi) is 7.06. The van der Waals surface area contributed by atoms with E-state index in [4.69, 9.17) is 0 Å². The summed E-state index contributed by atoms with van der Waals surface area (Å²) in [5.41, 5.74) is 0. The Morgan fingerprint density at radius 1 is 1.24 bits per heavy atom. The molecule has 1 fully saturated rings. The summed E-state index contributed by atoms with van der Waals surface area (Å²) in [6.07, 6.45) is 0.828. The minimum atomic E-state index is -3.33. The molecule has 1 heterocycles. The monoisotopic (exact) mass is 320 g/mol. The SMILES string of the molecule is CC(C)NCCCN(C)S(=O)(=O)N1CC(C)C(N(C)C)C1. The molecule has 0 saturated carbocycles. The highest BCUT2D eigenvalue weighted by Gasteiger charge is 2.38. The predicted octanol–water partition coefficient (Wildman–Crippen LogP) is 0.433. The van der Waals surface area contributed by atoms with Crippen LogP contribution < -0.4 is 5.32 Å². The molecule has 0 aliphatic carbocycles. The second-order valence-electron chi connectivity index (χ2n) is 6.62. The second-order valence-corrected chi connectivity index (χ2v) is 8.65. The summed E-state index contributed by atoms with van der Waals surface area (Å²) in [5, 5.41) is 3.31. The first-order valence-corrected chi connectivity index (χ1v) is 9.17. The van der Waals surface area contributed by atoms with Crippen molar-refractivity contribution in [1.29, 1.82) is 0 Å². The van der Waals surface area contributed by atoms with Gasteiger partial charge in [-0.3, -0.25) is 0 Å². The zero-order valence-corrected chi connectivity index (χ0v) is 15.2. The molecule has 1 saturated heterocycles. The van der Waals surface area contributed by atoms with Gasteiger partial charge >= 0.3 is 0 Å². The maximum Gasteiger partial charge on any atom is 0.281 e. The highest BCUT2D eigenvalue weighted by molar-refractivity contribution is 7.86. The van der Waals surface area contributed by atoms with Gasteiger partial charge in [-0.1, -0.05) is 20.8 Å². The molecule has 0 bridgehead atoms. The first-order chi connectivity index (χ1) is 9.66. The Morgan fingerprint density at radius 3 is 2.33 bits per heavy atom. The minimum absolute atomic E-state index is 0.302. The van der Waals surface area contributed by atoms with E-state index in [1.807, 2.05) is 14.1 Å². The van der Waals surface area contributed by atoms with E-state index in [2.05, 4.69) is 31.0 Å². The van der Waals surface area contributed by atoms with Gasteiger partial charge in [0.25, 0.3) is 10.2 Å². The Balaban J connectivity index is 2.53. The molecule has 1 rings (SSSR count). The van der Waals surface area contributed by atoms with E-state index in [1.54, 1.807) is 11.4 Å². The zero-order chi connectivity index (χ0) is 16.2. The first kappa shape index (κ1) is 18.8. The van der Waals surface area contributed by atoms with E-state index in [-0.39, 0.29) is 0 Å². The van der Waals surface area contributed by atoms with Crippen molar-refractivity contribution in [1.82, 2.24) is 18.8 Å². The fraction of sp³-hybridized carbons (Fsp3) is 1.00. The van der Waals surface area contributed by atoms with Crippen molar-refractivity contribution < 1.29 is 8.42 Å². The van der Waals surface area contributed by atoms with E-state index >= 15 is 0 Å². The molecule has 0 radical (unpaired) electrons. The molecule has 0 amide bonds. The number of nitrogens with zero attached hydrogens (tertiary/aromatic N) is 3. The van der Waals surface area contributed by atoms with Crippen LogP contribution in [0.2, 0.25) is 0 Å². The minimum Gasteiger partial charge on any atom is -0.314 e. The summed E-state index contributed by atoms with van der Waals surface area (Å²) in [7, 11) is 2.38. The van der Waals surface area contributed by atoms with Gasteiger partial charge in [0.15, 0.2) is 0 Å². The van der Waals surface area contributed by atoms with E-state index < -0.39 is 10.2 Å². The topological polar surface area (TPSA) is 55.9 Å². The van der Waals surface area contributed by atoms with Crippen LogP contribution in [0.1, 0.15) is 27.2 Å². The van der Waals surface area contributed by atoms with Crippen LogP contribution in [0.3, 0.4) is 0 Å². The maximum absolute atomic E-state index is 12.6. The van der Waals surface area contributed by atoms with Gasteiger partial charge in [0, 0.05) is 38.8 Å². The molecule has 0 aromatic rings. The molecule has 7 heteroatoms. The highest BCUT2D eigenvalue weighted by Crippen LogP contribution is 2.23. The van der Waals surface area contributed by atoms with E-state index in [0.717, 1.165) is 13.0 Å². The van der Waals surface area contributed by atoms with Gasteiger partial charge in [0.2, 0.25) is 0 Å². The molecule has 0 spiro atoms. The highest BCUT2D eigenvalue weighted by atomic mass is 32.2. The molecule has 2 unspecified atom stereocenters. The summed E-state index contributed by atoms with van der Waals surface area (Å²) in [6.45, 7) is 8.90. The van der Waals surface area contributed by atoms with Gasteiger partial charge in [-0.05, 0) is 33.0 Å². The predicted molar refractivity (Wildman–Crippen MR) is 87.5 cm³/mol. The van der Waals surface area contributed by atoms with Crippen molar-refractivity contribution >= 4 is 10.2 Å². The van der Waals surface area contributed by atoms with E-state index in [1.165, 1.54) is 4.31 Å². The van der Waals surface area contributed by atoms with Crippen LogP contribution in [0.15, 0.2) is 0 Å². The summed E-state index contributed by atoms with van der Waals surface area (Å²) in [5.74, 6) is 0.366. The Labute approximate surface area is 130 Å². The second kappa shape index (κ2) is 7.87. The molecule has 1 aliphatic rings. The lowest BCUT2D eigenvalue weighted by Crippen LogP contribution is -2.43. The maximum atomic E-state index is 12.6. The average Bonchev–Trinajstić information content (AvgIpc) is 2.77. The van der Waals surface area contributed by atoms with Crippen LogP contribution in [0, 0.1) is 5.92 Å². The van der Waals surface area contributed by atoms with Crippen LogP contribution in [-0.2, 0) is 10.2 Å². The van der Waals surface area contributed by atoms with E-state index in [9.17, 15) is 8.42 Å². The summed E-state index contributed by atoms with van der Waals surface area (Å²) < 4.78 is 28.3. The molecular weight excluding hydrogens is 288 g/mol. The molecule has 126 valence electrons. The fourth-order valence-corrected chi connectivity index (χ4v) is 4.29. The van der Waals surface area contributed by atoms with Crippen molar-refractivity contribution in [3.63, 3.8) is 0 Å². The fourth-order valence-electron chi connectivity index (χ4n) is 2.77. The van der Waals surface area contributed by atoms with Crippen molar-refractivity contribution in [2.45, 2.75) is 39.3 Å². The standard InChI is InChI=1S/C14H32N4O2S/c1-12(2)15-8-7-9-17(6)21(19,20)18-10-13(3)14(11-18)16(4)5/h12-15H,7-11H2,1-6H3. The first-order valence-electron chi connectivity index (χ1n) is 7.77. The molecule has 6 nitrogen and oxygen atoms in total. The third-order valence-electron chi connectivity index (χ3n) is 4.12. The van der Waals surface area contributed by atoms with Gasteiger partial charge in [0.05, 0.1) is 0 Å². The van der Waals surface area contributed by atoms with Gasteiger partial charge < -0.3 is 10.2 Å². The quantitative estimate of drug-likeness (QED) is 0.659. The number of nitrogens with one attached hydrogen (secondary N) is 1. The molecule has 2 atom stereocenters. The number of hydrogen-bond acceptors (Lipinski definition) is 4. The van der Waals surface area contributed by atoms with Crippen molar-refractivity contribution in [2.24, 2.45) is 5.92 Å². The number of hydrogen-bond donors (Lipinski definition) is 1. The lowest BCUT2D eigenvalue weighted by molar-refractivity contribution is 0.262. The zero-order valence-electron chi connectivity index (χ0n) is 14.3. The summed E-state index contributed by atoms with van der Waals surface area (Å²) in [4.78, 5) is 2.12. The molecule has 21 heavy (non-hydrogen) atoms. The van der Waals surface area contributed by atoms with Crippen LogP contribution >= 0.6 is 0 Å². The smallest absolute Gasteiger partial charge is 0.281 e. The lowest BCUT2D eigenvalue weighted by Gasteiger charge is -2.25. The third kappa shape index (κ3) is 5.17. The van der Waals surface area contributed by atoms with Crippen molar-refractivity contribution in [2.75, 3.05) is 47.3 Å². The summed E-state index contributed by atoms with van der Waals surface area (Å²) >= 11 is 0. The van der Waals surface area contributed by atoms with Gasteiger partial charge in [-0.15, -0.1) is 0 Å². The van der Waals surface area contributed by atoms with Crippen LogP contribution in [0.4, 0.5) is 0 Å². The van der Waals surface area contributed by atoms with E-state index in [0.29, 0.717) is 37.6 Å².